The molecule has 0 saturated heterocycles. The SMILES string of the molecule is CCCNC(=O)CN=C(NN)Nc1ccccc1. The van der Waals surface area contributed by atoms with Crippen molar-refractivity contribution in [3.8, 4) is 0 Å². The molecule has 1 aromatic rings. The zero-order valence-electron chi connectivity index (χ0n) is 10.4. The van der Waals surface area contributed by atoms with Crippen molar-refractivity contribution in [3.63, 3.8) is 0 Å². The van der Waals surface area contributed by atoms with Crippen LogP contribution in [0.5, 0.6) is 0 Å². The third-order valence-corrected chi connectivity index (χ3v) is 2.13. The maximum absolute atomic E-state index is 11.4. The minimum atomic E-state index is -0.125. The highest BCUT2D eigenvalue weighted by atomic mass is 16.1. The number of carbonyl (C=O) groups excluding carboxylic acids is 1. The van der Waals surface area contributed by atoms with Gasteiger partial charge in [-0.1, -0.05) is 25.1 Å². The van der Waals surface area contributed by atoms with Crippen molar-refractivity contribution in [2.75, 3.05) is 18.4 Å². The molecule has 0 unspecified atom stereocenters. The number of rotatable bonds is 5. The van der Waals surface area contributed by atoms with E-state index >= 15 is 0 Å². The summed E-state index contributed by atoms with van der Waals surface area (Å²) >= 11 is 0. The Balaban J connectivity index is 2.48. The van der Waals surface area contributed by atoms with Crippen LogP contribution in [-0.2, 0) is 4.79 Å². The van der Waals surface area contributed by atoms with Crippen LogP contribution in [0.15, 0.2) is 35.3 Å². The standard InChI is InChI=1S/C12H19N5O/c1-2-8-14-11(18)9-15-12(17-13)16-10-6-4-3-5-7-10/h3-7H,2,8-9,13H2,1H3,(H,14,18)(H2,15,16,17). The number of hydrazine groups is 1. The quantitative estimate of drug-likeness (QED) is 0.264. The predicted molar refractivity (Wildman–Crippen MR) is 73.0 cm³/mol. The fraction of sp³-hybridized carbons (Fsp3) is 0.333. The van der Waals surface area contributed by atoms with Gasteiger partial charge in [0.1, 0.15) is 6.54 Å². The van der Waals surface area contributed by atoms with Crippen LogP contribution in [0.1, 0.15) is 13.3 Å². The molecule has 0 aliphatic carbocycles. The lowest BCUT2D eigenvalue weighted by molar-refractivity contribution is -0.119. The summed E-state index contributed by atoms with van der Waals surface area (Å²) in [5.41, 5.74) is 3.27. The molecule has 0 aliphatic heterocycles. The Morgan fingerprint density at radius 3 is 2.67 bits per heavy atom. The molecule has 1 rings (SSSR count). The van der Waals surface area contributed by atoms with Gasteiger partial charge < -0.3 is 10.6 Å². The Bertz CT molecular complexity index is 391. The largest absolute Gasteiger partial charge is 0.355 e. The maximum Gasteiger partial charge on any atom is 0.241 e. The van der Waals surface area contributed by atoms with Crippen LogP contribution in [0.2, 0.25) is 0 Å². The number of hydrogen-bond acceptors (Lipinski definition) is 3. The summed E-state index contributed by atoms with van der Waals surface area (Å²) in [6.07, 6.45) is 0.902. The molecule has 0 heterocycles. The minimum Gasteiger partial charge on any atom is -0.355 e. The van der Waals surface area contributed by atoms with E-state index in [-0.39, 0.29) is 12.5 Å². The van der Waals surface area contributed by atoms with E-state index in [0.717, 1.165) is 12.1 Å². The number of hydrogen-bond donors (Lipinski definition) is 4. The summed E-state index contributed by atoms with van der Waals surface area (Å²) in [4.78, 5) is 15.4. The lowest BCUT2D eigenvalue weighted by Crippen LogP contribution is -2.37. The van der Waals surface area contributed by atoms with E-state index in [9.17, 15) is 4.79 Å². The summed E-state index contributed by atoms with van der Waals surface area (Å²) in [5.74, 6) is 5.56. The molecule has 0 bridgehead atoms. The highest BCUT2D eigenvalue weighted by Crippen LogP contribution is 2.03. The number of para-hydroxylation sites is 1. The van der Waals surface area contributed by atoms with Crippen molar-refractivity contribution < 1.29 is 4.79 Å². The molecular formula is C12H19N5O. The number of carbonyl (C=O) groups is 1. The van der Waals surface area contributed by atoms with Crippen LogP contribution in [0.3, 0.4) is 0 Å². The topological polar surface area (TPSA) is 91.5 Å². The second-order valence-electron chi connectivity index (χ2n) is 3.65. The van der Waals surface area contributed by atoms with Crippen molar-refractivity contribution in [1.82, 2.24) is 10.7 Å². The third-order valence-electron chi connectivity index (χ3n) is 2.13. The van der Waals surface area contributed by atoms with Gasteiger partial charge in [0.05, 0.1) is 0 Å². The summed E-state index contributed by atoms with van der Waals surface area (Å²) in [6, 6.07) is 9.46. The predicted octanol–water partition coefficient (Wildman–Crippen LogP) is 0.444. The smallest absolute Gasteiger partial charge is 0.241 e. The first-order chi connectivity index (χ1) is 8.76. The number of nitrogens with two attached hydrogens (primary N) is 1. The molecule has 0 saturated carbocycles. The number of aliphatic imine (C=N–C) groups is 1. The van der Waals surface area contributed by atoms with Crippen molar-refractivity contribution in [2.24, 2.45) is 10.8 Å². The van der Waals surface area contributed by atoms with Crippen LogP contribution in [0.4, 0.5) is 5.69 Å². The van der Waals surface area contributed by atoms with Gasteiger partial charge in [0, 0.05) is 12.2 Å². The normalized spacial score (nSPS) is 10.9. The van der Waals surface area contributed by atoms with E-state index in [1.54, 1.807) is 0 Å². The van der Waals surface area contributed by atoms with E-state index in [2.05, 4.69) is 21.1 Å². The molecule has 1 amide bonds. The van der Waals surface area contributed by atoms with Crippen molar-refractivity contribution >= 4 is 17.6 Å². The van der Waals surface area contributed by atoms with Gasteiger partial charge in [-0.05, 0) is 18.6 Å². The zero-order chi connectivity index (χ0) is 13.2. The fourth-order valence-corrected chi connectivity index (χ4v) is 1.25. The zero-order valence-corrected chi connectivity index (χ0v) is 10.4. The van der Waals surface area contributed by atoms with E-state index in [1.165, 1.54) is 0 Å². The molecule has 0 atom stereocenters. The Labute approximate surface area is 107 Å². The highest BCUT2D eigenvalue weighted by Gasteiger charge is 2.01. The second kappa shape index (κ2) is 8.08. The van der Waals surface area contributed by atoms with Gasteiger partial charge in [-0.25, -0.2) is 10.8 Å². The highest BCUT2D eigenvalue weighted by molar-refractivity contribution is 5.94. The van der Waals surface area contributed by atoms with Gasteiger partial charge in [0.25, 0.3) is 0 Å². The lowest BCUT2D eigenvalue weighted by Gasteiger charge is -2.08. The summed E-state index contributed by atoms with van der Waals surface area (Å²) in [5, 5.41) is 5.71. The summed E-state index contributed by atoms with van der Waals surface area (Å²) < 4.78 is 0. The van der Waals surface area contributed by atoms with E-state index < -0.39 is 0 Å². The third kappa shape index (κ3) is 5.31. The molecule has 98 valence electrons. The van der Waals surface area contributed by atoms with Crippen LogP contribution < -0.4 is 21.9 Å². The van der Waals surface area contributed by atoms with Gasteiger partial charge in [-0.2, -0.15) is 0 Å². The Hall–Kier alpha value is -2.08. The van der Waals surface area contributed by atoms with Gasteiger partial charge in [-0.3, -0.25) is 10.2 Å². The molecule has 0 spiro atoms. The van der Waals surface area contributed by atoms with Crippen molar-refractivity contribution in [1.29, 1.82) is 0 Å². The molecule has 0 aromatic heterocycles. The molecule has 6 heteroatoms. The first-order valence-corrected chi connectivity index (χ1v) is 5.86. The van der Waals surface area contributed by atoms with Crippen molar-refractivity contribution in [2.45, 2.75) is 13.3 Å². The van der Waals surface area contributed by atoms with Crippen LogP contribution in [0, 0.1) is 0 Å². The maximum atomic E-state index is 11.4. The molecule has 0 radical (unpaired) electrons. The lowest BCUT2D eigenvalue weighted by atomic mass is 10.3. The van der Waals surface area contributed by atoms with E-state index in [0.29, 0.717) is 12.5 Å². The van der Waals surface area contributed by atoms with Crippen LogP contribution in [0.25, 0.3) is 0 Å². The molecule has 18 heavy (non-hydrogen) atoms. The summed E-state index contributed by atoms with van der Waals surface area (Å²) in [7, 11) is 0. The number of guanidine groups is 1. The minimum absolute atomic E-state index is 0.0410. The Morgan fingerprint density at radius 1 is 1.33 bits per heavy atom. The number of nitrogens with zero attached hydrogens (tertiary/aromatic N) is 1. The second-order valence-corrected chi connectivity index (χ2v) is 3.65. The molecule has 5 N–H and O–H groups in total. The number of amides is 1. The van der Waals surface area contributed by atoms with E-state index in [4.69, 9.17) is 5.84 Å². The molecular weight excluding hydrogens is 230 g/mol. The number of benzene rings is 1. The average Bonchev–Trinajstić information content (AvgIpc) is 2.42. The fourth-order valence-electron chi connectivity index (χ4n) is 1.25. The van der Waals surface area contributed by atoms with Crippen molar-refractivity contribution in [3.05, 3.63) is 30.3 Å². The monoisotopic (exact) mass is 249 g/mol. The molecule has 0 aliphatic rings. The first kappa shape index (κ1) is 14.0. The van der Waals surface area contributed by atoms with E-state index in [1.807, 2.05) is 37.3 Å². The number of nitrogens with one attached hydrogen (secondary N) is 3. The molecule has 6 nitrogen and oxygen atoms in total. The average molecular weight is 249 g/mol. The van der Waals surface area contributed by atoms with Crippen LogP contribution in [-0.4, -0.2) is 25.0 Å². The van der Waals surface area contributed by atoms with Gasteiger partial charge >= 0.3 is 0 Å². The van der Waals surface area contributed by atoms with Gasteiger partial charge in [0.2, 0.25) is 11.9 Å². The number of anilines is 1. The van der Waals surface area contributed by atoms with Crippen LogP contribution >= 0.6 is 0 Å². The Morgan fingerprint density at radius 2 is 2.06 bits per heavy atom. The Kier molecular flexibility index (Phi) is 6.27. The molecule has 1 aromatic carbocycles. The van der Waals surface area contributed by atoms with Gasteiger partial charge in [0.15, 0.2) is 0 Å². The first-order valence-electron chi connectivity index (χ1n) is 5.86. The molecule has 0 fully saturated rings. The summed E-state index contributed by atoms with van der Waals surface area (Å²) in [6.45, 7) is 2.69. The van der Waals surface area contributed by atoms with Gasteiger partial charge in [-0.15, -0.1) is 0 Å².